The van der Waals surface area contributed by atoms with E-state index in [0.29, 0.717) is 45.4 Å². The van der Waals surface area contributed by atoms with Gasteiger partial charge in [0, 0.05) is 17.0 Å². The summed E-state index contributed by atoms with van der Waals surface area (Å²) in [7, 11) is 0. The molecule has 2 atom stereocenters. The molecule has 1 heterocycles. The standard InChI is InChI=1S/C48H66O6/c1-9-11-13-15-36-29-42(49)46(39-27-34(5)17-19-38(39)33(3)4)43(30-36)52-25-23-50-21-22-51-24-26-53-44-31-37(16-14-12-10-2)32-45-47(44)40-28-35(6)18-20-41(40)48(7,8)54-45/h18,20,27-32,38-39,49H,3,9-17,19,21-26H2,1-2,4-8H3/t38-,39+/m0/s1. The second-order valence-electron chi connectivity index (χ2n) is 16.0. The van der Waals surface area contributed by atoms with E-state index in [1.54, 1.807) is 0 Å². The fourth-order valence-corrected chi connectivity index (χ4v) is 8.04. The zero-order valence-electron chi connectivity index (χ0n) is 34.3. The zero-order valence-corrected chi connectivity index (χ0v) is 34.3. The Labute approximate surface area is 325 Å². The summed E-state index contributed by atoms with van der Waals surface area (Å²) in [5, 5.41) is 11.4. The van der Waals surface area contributed by atoms with Crippen LogP contribution >= 0.6 is 0 Å². The highest BCUT2D eigenvalue weighted by atomic mass is 16.6. The third kappa shape index (κ3) is 10.7. The van der Waals surface area contributed by atoms with Crippen LogP contribution in [0.3, 0.4) is 0 Å². The van der Waals surface area contributed by atoms with Gasteiger partial charge in [0.25, 0.3) is 0 Å². The van der Waals surface area contributed by atoms with E-state index in [9.17, 15) is 5.11 Å². The zero-order chi connectivity index (χ0) is 38.7. The van der Waals surface area contributed by atoms with E-state index in [-0.39, 0.29) is 11.8 Å². The van der Waals surface area contributed by atoms with Gasteiger partial charge in [-0.05, 0) is 120 Å². The molecule has 1 N–H and O–H groups in total. The number of benzene rings is 3. The number of ether oxygens (including phenoxy) is 5. The molecule has 294 valence electrons. The van der Waals surface area contributed by atoms with Crippen LogP contribution in [-0.4, -0.2) is 44.7 Å². The van der Waals surface area contributed by atoms with Crippen molar-refractivity contribution < 1.29 is 28.8 Å². The SMILES string of the molecule is C=C(C)[C@@H]1CCC(C)=C[C@H]1c1c(O)cc(CCCCC)cc1OCCOCCOCCOc1cc(CCCCC)cc2c1-c1cc(C)ccc1C(C)(C)O2. The molecule has 1 aliphatic heterocycles. The molecular formula is C48H66O6. The van der Waals surface area contributed by atoms with E-state index in [1.165, 1.54) is 47.1 Å². The summed E-state index contributed by atoms with van der Waals surface area (Å²) < 4.78 is 31.3. The topological polar surface area (TPSA) is 66.4 Å². The lowest BCUT2D eigenvalue weighted by Gasteiger charge is -2.36. The highest BCUT2D eigenvalue weighted by Gasteiger charge is 2.35. The van der Waals surface area contributed by atoms with Crippen molar-refractivity contribution in [2.75, 3.05) is 39.6 Å². The predicted octanol–water partition coefficient (Wildman–Crippen LogP) is 12.0. The maximum absolute atomic E-state index is 11.4. The maximum atomic E-state index is 11.4. The number of hydrogen-bond donors (Lipinski definition) is 1. The van der Waals surface area contributed by atoms with Gasteiger partial charge in [0.2, 0.25) is 0 Å². The Kier molecular flexibility index (Phi) is 15.1. The summed E-state index contributed by atoms with van der Waals surface area (Å²) in [5.74, 6) is 3.13. The second kappa shape index (κ2) is 19.7. The van der Waals surface area contributed by atoms with Crippen LogP contribution in [0.5, 0.6) is 23.0 Å². The van der Waals surface area contributed by atoms with E-state index in [2.05, 4.69) is 97.5 Å². The van der Waals surface area contributed by atoms with E-state index in [0.717, 1.165) is 84.5 Å². The third-order valence-corrected chi connectivity index (χ3v) is 11.0. The van der Waals surface area contributed by atoms with E-state index in [4.69, 9.17) is 23.7 Å². The van der Waals surface area contributed by atoms with Crippen molar-refractivity contribution >= 4 is 0 Å². The predicted molar refractivity (Wildman–Crippen MR) is 221 cm³/mol. The highest BCUT2D eigenvalue weighted by molar-refractivity contribution is 5.82. The van der Waals surface area contributed by atoms with Crippen LogP contribution in [0.4, 0.5) is 0 Å². The molecular weight excluding hydrogens is 673 g/mol. The van der Waals surface area contributed by atoms with Gasteiger partial charge in [-0.25, -0.2) is 0 Å². The lowest BCUT2D eigenvalue weighted by Crippen LogP contribution is -2.29. The lowest BCUT2D eigenvalue weighted by molar-refractivity contribution is 0.0271. The average molecular weight is 739 g/mol. The van der Waals surface area contributed by atoms with Gasteiger partial charge >= 0.3 is 0 Å². The van der Waals surface area contributed by atoms with Crippen molar-refractivity contribution in [3.8, 4) is 34.1 Å². The van der Waals surface area contributed by atoms with Crippen molar-refractivity contribution in [2.24, 2.45) is 5.92 Å². The molecule has 3 aromatic rings. The molecule has 2 aliphatic rings. The Morgan fingerprint density at radius 2 is 1.43 bits per heavy atom. The first-order valence-corrected chi connectivity index (χ1v) is 20.6. The Balaban J connectivity index is 1.15. The van der Waals surface area contributed by atoms with Crippen molar-refractivity contribution in [3.63, 3.8) is 0 Å². The average Bonchev–Trinajstić information content (AvgIpc) is 3.11. The van der Waals surface area contributed by atoms with Gasteiger partial charge in [0.15, 0.2) is 0 Å². The minimum Gasteiger partial charge on any atom is -0.507 e. The monoisotopic (exact) mass is 738 g/mol. The quantitative estimate of drug-likeness (QED) is 0.0867. The molecule has 0 saturated heterocycles. The van der Waals surface area contributed by atoms with Crippen LogP contribution in [0.15, 0.2) is 66.3 Å². The minimum absolute atomic E-state index is 0.0414. The van der Waals surface area contributed by atoms with Gasteiger partial charge in [-0.15, -0.1) is 0 Å². The Morgan fingerprint density at radius 3 is 2.07 bits per heavy atom. The molecule has 0 fully saturated rings. The van der Waals surface area contributed by atoms with Crippen molar-refractivity contribution in [2.45, 2.75) is 124 Å². The number of phenolic OH excluding ortho intramolecular Hbond substituents is 1. The number of unbranched alkanes of at least 4 members (excludes halogenated alkanes) is 4. The number of hydrogen-bond acceptors (Lipinski definition) is 6. The molecule has 0 bridgehead atoms. The molecule has 0 saturated carbocycles. The van der Waals surface area contributed by atoms with Gasteiger partial charge in [-0.1, -0.05) is 87.1 Å². The largest absolute Gasteiger partial charge is 0.507 e. The molecule has 6 heteroatoms. The first-order valence-electron chi connectivity index (χ1n) is 20.6. The summed E-state index contributed by atoms with van der Waals surface area (Å²) in [5.41, 5.74) is 9.88. The molecule has 54 heavy (non-hydrogen) atoms. The Hall–Kier alpha value is -3.74. The molecule has 5 rings (SSSR count). The van der Waals surface area contributed by atoms with Gasteiger partial charge in [0.1, 0.15) is 41.8 Å². The van der Waals surface area contributed by atoms with Crippen LogP contribution in [0.25, 0.3) is 11.1 Å². The highest BCUT2D eigenvalue weighted by Crippen LogP contribution is 2.51. The Bertz CT molecular complexity index is 1740. The number of allylic oxidation sites excluding steroid dienone is 3. The van der Waals surface area contributed by atoms with Crippen LogP contribution in [-0.2, 0) is 27.9 Å². The number of phenols is 1. The number of rotatable bonds is 21. The van der Waals surface area contributed by atoms with Crippen molar-refractivity contribution in [1.82, 2.24) is 0 Å². The number of fused-ring (bicyclic) bond motifs is 3. The van der Waals surface area contributed by atoms with E-state index >= 15 is 0 Å². The number of aryl methyl sites for hydroxylation is 3. The normalized spacial score (nSPS) is 17.3. The van der Waals surface area contributed by atoms with E-state index < -0.39 is 5.60 Å². The first-order chi connectivity index (χ1) is 26.0. The van der Waals surface area contributed by atoms with Gasteiger partial charge < -0.3 is 28.8 Å². The van der Waals surface area contributed by atoms with Gasteiger partial charge in [0.05, 0.1) is 32.0 Å². The Morgan fingerprint density at radius 1 is 0.815 bits per heavy atom. The number of aromatic hydroxyl groups is 1. The maximum Gasteiger partial charge on any atom is 0.132 e. The van der Waals surface area contributed by atoms with Gasteiger partial charge in [-0.3, -0.25) is 0 Å². The molecule has 1 aliphatic carbocycles. The second-order valence-corrected chi connectivity index (χ2v) is 16.0. The summed E-state index contributed by atoms with van der Waals surface area (Å²) in [6.45, 7) is 22.0. The van der Waals surface area contributed by atoms with E-state index in [1.807, 2.05) is 6.07 Å². The summed E-state index contributed by atoms with van der Waals surface area (Å²) in [6.07, 6.45) is 13.2. The molecule has 0 amide bonds. The lowest BCUT2D eigenvalue weighted by atomic mass is 9.73. The van der Waals surface area contributed by atoms with Crippen molar-refractivity contribution in [1.29, 1.82) is 0 Å². The smallest absolute Gasteiger partial charge is 0.132 e. The summed E-state index contributed by atoms with van der Waals surface area (Å²) >= 11 is 0. The minimum atomic E-state index is -0.425. The molecule has 0 aromatic heterocycles. The van der Waals surface area contributed by atoms with Crippen molar-refractivity contribution in [3.05, 3.63) is 94.1 Å². The molecule has 6 nitrogen and oxygen atoms in total. The molecule has 0 spiro atoms. The first kappa shape index (κ1) is 41.4. The molecule has 0 radical (unpaired) electrons. The van der Waals surface area contributed by atoms with Crippen LogP contribution in [0.1, 0.15) is 127 Å². The molecule has 0 unspecified atom stereocenters. The third-order valence-electron chi connectivity index (χ3n) is 11.0. The van der Waals surface area contributed by atoms with Crippen LogP contribution in [0.2, 0.25) is 0 Å². The summed E-state index contributed by atoms with van der Waals surface area (Å²) in [4.78, 5) is 0. The summed E-state index contributed by atoms with van der Waals surface area (Å²) in [6, 6.07) is 15.1. The molecule has 3 aromatic carbocycles. The van der Waals surface area contributed by atoms with Crippen LogP contribution in [0, 0.1) is 12.8 Å². The fraction of sp³-hybridized carbons (Fsp3) is 0.542. The van der Waals surface area contributed by atoms with Gasteiger partial charge in [-0.2, -0.15) is 0 Å². The fourth-order valence-electron chi connectivity index (χ4n) is 8.04. The van der Waals surface area contributed by atoms with Crippen LogP contribution < -0.4 is 14.2 Å².